The summed E-state index contributed by atoms with van der Waals surface area (Å²) < 4.78 is 7.15. The second-order valence-electron chi connectivity index (χ2n) is 6.34. The molecule has 2 aromatic rings. The van der Waals surface area contributed by atoms with Crippen LogP contribution in [0.3, 0.4) is 0 Å². The van der Waals surface area contributed by atoms with Gasteiger partial charge in [0.05, 0.1) is 29.1 Å². The summed E-state index contributed by atoms with van der Waals surface area (Å²) in [5.74, 6) is -1.33. The van der Waals surface area contributed by atoms with Crippen LogP contribution < -0.4 is 5.32 Å². The van der Waals surface area contributed by atoms with Crippen LogP contribution in [0.25, 0.3) is 0 Å². The Balaban J connectivity index is 1.40. The van der Waals surface area contributed by atoms with Crippen LogP contribution in [-0.2, 0) is 9.53 Å². The minimum absolute atomic E-state index is 0.255. The molecule has 2 aliphatic heterocycles. The number of rotatable bonds is 4. The highest BCUT2D eigenvalue weighted by atomic mass is 16.5. The van der Waals surface area contributed by atoms with Crippen molar-refractivity contribution >= 4 is 23.4 Å². The van der Waals surface area contributed by atoms with Gasteiger partial charge in [0, 0.05) is 19.4 Å². The molecule has 3 amide bonds. The number of hydrogen-bond donors (Lipinski definition) is 1. The van der Waals surface area contributed by atoms with Crippen molar-refractivity contribution in [2.75, 3.05) is 25.1 Å². The summed E-state index contributed by atoms with van der Waals surface area (Å²) in [6.07, 6.45) is 5.08. The zero-order valence-electron chi connectivity index (χ0n) is 14.1. The fourth-order valence-electron chi connectivity index (χ4n) is 3.28. The third kappa shape index (κ3) is 2.99. The van der Waals surface area contributed by atoms with Gasteiger partial charge in [0.1, 0.15) is 6.54 Å². The maximum atomic E-state index is 12.3. The van der Waals surface area contributed by atoms with Gasteiger partial charge in [-0.1, -0.05) is 12.1 Å². The maximum absolute atomic E-state index is 12.3. The molecule has 134 valence electrons. The Bertz CT molecular complexity index is 835. The van der Waals surface area contributed by atoms with E-state index < -0.39 is 17.7 Å². The second kappa shape index (κ2) is 6.72. The SMILES string of the molecule is O=C(CN1C(=O)c2ccccc2C1=O)Nc1cnn(C2CCOCC2)c1. The van der Waals surface area contributed by atoms with E-state index in [2.05, 4.69) is 10.4 Å². The van der Waals surface area contributed by atoms with Gasteiger partial charge in [-0.15, -0.1) is 0 Å². The van der Waals surface area contributed by atoms with E-state index >= 15 is 0 Å². The molecule has 1 saturated heterocycles. The molecule has 4 rings (SSSR count). The summed E-state index contributed by atoms with van der Waals surface area (Å²) in [5, 5.41) is 6.98. The number of carbonyl (C=O) groups is 3. The van der Waals surface area contributed by atoms with Crippen molar-refractivity contribution < 1.29 is 19.1 Å². The Morgan fingerprint density at radius 2 is 1.81 bits per heavy atom. The van der Waals surface area contributed by atoms with Crippen LogP contribution in [0.1, 0.15) is 39.6 Å². The third-order valence-electron chi connectivity index (χ3n) is 4.63. The minimum atomic E-state index is -0.446. The molecule has 0 saturated carbocycles. The molecule has 0 spiro atoms. The van der Waals surface area contributed by atoms with E-state index in [0.717, 1.165) is 17.7 Å². The predicted octanol–water partition coefficient (Wildman–Crippen LogP) is 1.47. The highest BCUT2D eigenvalue weighted by molar-refractivity contribution is 6.22. The quantitative estimate of drug-likeness (QED) is 0.839. The number of fused-ring (bicyclic) bond motifs is 1. The van der Waals surface area contributed by atoms with E-state index in [4.69, 9.17) is 4.74 Å². The molecular formula is C18H18N4O4. The van der Waals surface area contributed by atoms with Gasteiger partial charge >= 0.3 is 0 Å². The Labute approximate surface area is 149 Å². The highest BCUT2D eigenvalue weighted by Crippen LogP contribution is 2.23. The smallest absolute Gasteiger partial charge is 0.262 e. The molecule has 1 aromatic heterocycles. The van der Waals surface area contributed by atoms with E-state index in [1.807, 2.05) is 4.68 Å². The number of imide groups is 1. The molecule has 1 aromatic carbocycles. The van der Waals surface area contributed by atoms with Crippen LogP contribution in [0.5, 0.6) is 0 Å². The molecule has 26 heavy (non-hydrogen) atoms. The number of aromatic nitrogens is 2. The number of benzene rings is 1. The average molecular weight is 354 g/mol. The Morgan fingerprint density at radius 1 is 1.15 bits per heavy atom. The summed E-state index contributed by atoms with van der Waals surface area (Å²) in [7, 11) is 0. The van der Waals surface area contributed by atoms with Crippen molar-refractivity contribution in [3.8, 4) is 0 Å². The zero-order chi connectivity index (χ0) is 18.1. The highest BCUT2D eigenvalue weighted by Gasteiger charge is 2.36. The number of ether oxygens (including phenoxy) is 1. The van der Waals surface area contributed by atoms with Crippen LogP contribution >= 0.6 is 0 Å². The monoisotopic (exact) mass is 354 g/mol. The summed E-state index contributed by atoms with van der Waals surface area (Å²) in [6.45, 7) is 1.08. The molecule has 0 aliphatic carbocycles. The maximum Gasteiger partial charge on any atom is 0.262 e. The second-order valence-corrected chi connectivity index (χ2v) is 6.34. The van der Waals surface area contributed by atoms with Gasteiger partial charge in [-0.25, -0.2) is 0 Å². The molecule has 0 bridgehead atoms. The normalized spacial score (nSPS) is 17.5. The number of anilines is 1. The van der Waals surface area contributed by atoms with Gasteiger partial charge in [0.15, 0.2) is 0 Å². The lowest BCUT2D eigenvalue weighted by atomic mass is 10.1. The van der Waals surface area contributed by atoms with Gasteiger partial charge in [0.25, 0.3) is 11.8 Å². The predicted molar refractivity (Wildman–Crippen MR) is 91.8 cm³/mol. The molecule has 0 radical (unpaired) electrons. The largest absolute Gasteiger partial charge is 0.381 e. The summed E-state index contributed by atoms with van der Waals surface area (Å²) in [6, 6.07) is 6.82. The molecule has 0 unspecified atom stereocenters. The van der Waals surface area contributed by atoms with Crippen molar-refractivity contribution in [3.05, 3.63) is 47.8 Å². The van der Waals surface area contributed by atoms with E-state index in [1.54, 1.807) is 36.7 Å². The number of nitrogens with one attached hydrogen (secondary N) is 1. The standard InChI is InChI=1S/C18H18N4O4/c23-16(11-21-17(24)14-3-1-2-4-15(14)18(21)25)20-12-9-19-22(10-12)13-5-7-26-8-6-13/h1-4,9-10,13H,5-8,11H2,(H,20,23). The van der Waals surface area contributed by atoms with Crippen molar-refractivity contribution in [3.63, 3.8) is 0 Å². The molecule has 2 aliphatic rings. The first-order valence-electron chi connectivity index (χ1n) is 8.50. The number of nitrogens with zero attached hydrogens (tertiary/aromatic N) is 3. The van der Waals surface area contributed by atoms with Crippen LogP contribution in [0.4, 0.5) is 5.69 Å². The molecule has 0 atom stereocenters. The first-order valence-corrected chi connectivity index (χ1v) is 8.50. The van der Waals surface area contributed by atoms with Gasteiger partial charge in [-0.05, 0) is 25.0 Å². The van der Waals surface area contributed by atoms with Crippen molar-refractivity contribution in [2.24, 2.45) is 0 Å². The number of hydrogen-bond acceptors (Lipinski definition) is 5. The van der Waals surface area contributed by atoms with Crippen molar-refractivity contribution in [1.29, 1.82) is 0 Å². The zero-order valence-corrected chi connectivity index (χ0v) is 14.1. The molecule has 1 N–H and O–H groups in total. The van der Waals surface area contributed by atoms with Crippen LogP contribution in [0.15, 0.2) is 36.7 Å². The lowest BCUT2D eigenvalue weighted by Gasteiger charge is -2.22. The lowest BCUT2D eigenvalue weighted by Crippen LogP contribution is -2.37. The Kier molecular flexibility index (Phi) is 4.26. The summed E-state index contributed by atoms with van der Waals surface area (Å²) in [4.78, 5) is 37.8. The average Bonchev–Trinajstić information content (AvgIpc) is 3.22. The summed E-state index contributed by atoms with van der Waals surface area (Å²) >= 11 is 0. The van der Waals surface area contributed by atoms with Crippen LogP contribution in [0.2, 0.25) is 0 Å². The van der Waals surface area contributed by atoms with E-state index in [0.29, 0.717) is 30.0 Å². The van der Waals surface area contributed by atoms with Gasteiger partial charge < -0.3 is 10.1 Å². The molecular weight excluding hydrogens is 336 g/mol. The van der Waals surface area contributed by atoms with E-state index in [-0.39, 0.29) is 12.6 Å². The van der Waals surface area contributed by atoms with Crippen molar-refractivity contribution in [1.82, 2.24) is 14.7 Å². The Hall–Kier alpha value is -3.00. The van der Waals surface area contributed by atoms with Gasteiger partial charge in [-0.2, -0.15) is 5.10 Å². The topological polar surface area (TPSA) is 93.5 Å². The molecule has 8 heteroatoms. The van der Waals surface area contributed by atoms with Crippen LogP contribution in [-0.4, -0.2) is 52.2 Å². The molecule has 1 fully saturated rings. The van der Waals surface area contributed by atoms with E-state index in [1.165, 1.54) is 0 Å². The summed E-state index contributed by atoms with van der Waals surface area (Å²) in [5.41, 5.74) is 1.20. The van der Waals surface area contributed by atoms with Crippen LogP contribution in [0, 0.1) is 0 Å². The fourth-order valence-corrected chi connectivity index (χ4v) is 3.28. The first-order chi connectivity index (χ1) is 12.6. The fraction of sp³-hybridized carbons (Fsp3) is 0.333. The number of carbonyl (C=O) groups excluding carboxylic acids is 3. The molecule has 3 heterocycles. The Morgan fingerprint density at radius 3 is 2.46 bits per heavy atom. The third-order valence-corrected chi connectivity index (χ3v) is 4.63. The lowest BCUT2D eigenvalue weighted by molar-refractivity contribution is -0.116. The van der Waals surface area contributed by atoms with Crippen molar-refractivity contribution in [2.45, 2.75) is 18.9 Å². The first kappa shape index (κ1) is 16.5. The molecule has 8 nitrogen and oxygen atoms in total. The number of amides is 3. The van der Waals surface area contributed by atoms with E-state index in [9.17, 15) is 14.4 Å². The van der Waals surface area contributed by atoms with Gasteiger partial charge in [0.2, 0.25) is 5.91 Å². The van der Waals surface area contributed by atoms with Gasteiger partial charge in [-0.3, -0.25) is 24.0 Å². The minimum Gasteiger partial charge on any atom is -0.381 e.